The lowest BCUT2D eigenvalue weighted by atomic mass is 10.1. The van der Waals surface area contributed by atoms with E-state index in [2.05, 4.69) is 15.3 Å². The van der Waals surface area contributed by atoms with E-state index >= 15 is 0 Å². The monoisotopic (exact) mass is 356 g/mol. The Hall–Kier alpha value is -3.16. The van der Waals surface area contributed by atoms with Crippen LogP contribution in [0.4, 0.5) is 11.4 Å². The molecule has 0 saturated carbocycles. The summed E-state index contributed by atoms with van der Waals surface area (Å²) in [4.78, 5) is 34.4. The molecule has 3 rings (SSSR count). The van der Waals surface area contributed by atoms with Crippen LogP contribution in [0.3, 0.4) is 0 Å². The molecule has 1 aromatic heterocycles. The Bertz CT molecular complexity index is 794. The van der Waals surface area contributed by atoms with Crippen molar-refractivity contribution >= 4 is 23.2 Å². The molecule has 2 amide bonds. The number of ether oxygens (including phenoxy) is 2. The molecule has 8 heteroatoms. The maximum atomic E-state index is 12.5. The van der Waals surface area contributed by atoms with E-state index in [1.165, 1.54) is 12.4 Å². The van der Waals surface area contributed by atoms with E-state index in [0.29, 0.717) is 30.3 Å². The molecule has 1 saturated heterocycles. The highest BCUT2D eigenvalue weighted by molar-refractivity contribution is 6.03. The van der Waals surface area contributed by atoms with Gasteiger partial charge in [0.05, 0.1) is 37.7 Å². The van der Waals surface area contributed by atoms with Crippen LogP contribution in [0.5, 0.6) is 11.8 Å². The fourth-order valence-electron chi connectivity index (χ4n) is 2.74. The Morgan fingerprint density at radius 2 is 2.12 bits per heavy atom. The first-order chi connectivity index (χ1) is 12.6. The van der Waals surface area contributed by atoms with E-state index in [-0.39, 0.29) is 24.2 Å². The second kappa shape index (κ2) is 7.81. The summed E-state index contributed by atoms with van der Waals surface area (Å²) in [5.74, 6) is -0.118. The molecule has 0 aliphatic carbocycles. The molecule has 2 aromatic rings. The van der Waals surface area contributed by atoms with Gasteiger partial charge in [0.15, 0.2) is 0 Å². The molecule has 1 aromatic carbocycles. The third-order valence-electron chi connectivity index (χ3n) is 4.03. The minimum absolute atomic E-state index is 0.0960. The van der Waals surface area contributed by atoms with Crippen LogP contribution in [-0.4, -0.2) is 42.0 Å². The van der Waals surface area contributed by atoms with Crippen LogP contribution >= 0.6 is 0 Å². The minimum Gasteiger partial charge on any atom is -0.497 e. The van der Waals surface area contributed by atoms with Gasteiger partial charge in [-0.3, -0.25) is 9.59 Å². The van der Waals surface area contributed by atoms with Gasteiger partial charge in [-0.05, 0) is 19.1 Å². The average molecular weight is 356 g/mol. The molecule has 1 unspecified atom stereocenters. The average Bonchev–Trinajstić information content (AvgIpc) is 3.05. The number of hydrogen-bond donors (Lipinski definition) is 1. The van der Waals surface area contributed by atoms with Gasteiger partial charge < -0.3 is 19.7 Å². The van der Waals surface area contributed by atoms with Gasteiger partial charge in [0, 0.05) is 24.7 Å². The van der Waals surface area contributed by atoms with E-state index < -0.39 is 5.92 Å². The van der Waals surface area contributed by atoms with Gasteiger partial charge in [-0.2, -0.15) is 0 Å². The van der Waals surface area contributed by atoms with E-state index in [1.54, 1.807) is 24.1 Å². The Balaban J connectivity index is 1.64. The molecule has 2 heterocycles. The van der Waals surface area contributed by atoms with Crippen LogP contribution in [0.1, 0.15) is 13.3 Å². The number of amides is 2. The quantitative estimate of drug-likeness (QED) is 0.849. The van der Waals surface area contributed by atoms with Gasteiger partial charge in [0.2, 0.25) is 11.8 Å². The highest BCUT2D eigenvalue weighted by atomic mass is 16.5. The van der Waals surface area contributed by atoms with Crippen molar-refractivity contribution in [2.75, 3.05) is 30.5 Å². The zero-order valence-corrected chi connectivity index (χ0v) is 14.6. The standard InChI is InChI=1S/C18H20N4O4/c1-3-26-18-19-9-13(10-20-18)21-17(24)12-7-16(23)22(11-12)14-5-4-6-15(8-14)25-2/h4-6,8-10,12H,3,7,11H2,1-2H3,(H,21,24). The topological polar surface area (TPSA) is 93.6 Å². The normalized spacial score (nSPS) is 16.5. The molecule has 26 heavy (non-hydrogen) atoms. The molecule has 1 N–H and O–H groups in total. The highest BCUT2D eigenvalue weighted by Crippen LogP contribution is 2.28. The molecule has 1 fully saturated rings. The van der Waals surface area contributed by atoms with Crippen molar-refractivity contribution in [1.82, 2.24) is 9.97 Å². The molecular formula is C18H20N4O4. The third-order valence-corrected chi connectivity index (χ3v) is 4.03. The van der Waals surface area contributed by atoms with Gasteiger partial charge in [-0.15, -0.1) is 0 Å². The van der Waals surface area contributed by atoms with Crippen LogP contribution in [0.25, 0.3) is 0 Å². The lowest BCUT2D eigenvalue weighted by Gasteiger charge is -2.17. The molecule has 1 aliphatic heterocycles. The molecule has 0 radical (unpaired) electrons. The number of benzene rings is 1. The smallest absolute Gasteiger partial charge is 0.316 e. The number of carbonyl (C=O) groups excluding carboxylic acids is 2. The molecule has 1 atom stereocenters. The number of nitrogens with zero attached hydrogens (tertiary/aromatic N) is 3. The van der Waals surface area contributed by atoms with Gasteiger partial charge in [0.25, 0.3) is 0 Å². The van der Waals surface area contributed by atoms with E-state index in [0.717, 1.165) is 0 Å². The van der Waals surface area contributed by atoms with Gasteiger partial charge in [0.1, 0.15) is 5.75 Å². The number of rotatable bonds is 6. The summed E-state index contributed by atoms with van der Waals surface area (Å²) in [7, 11) is 1.57. The number of aromatic nitrogens is 2. The van der Waals surface area contributed by atoms with Crippen molar-refractivity contribution in [3.05, 3.63) is 36.7 Å². The van der Waals surface area contributed by atoms with Crippen molar-refractivity contribution in [3.63, 3.8) is 0 Å². The number of anilines is 2. The van der Waals surface area contributed by atoms with Gasteiger partial charge >= 0.3 is 6.01 Å². The van der Waals surface area contributed by atoms with E-state index in [1.807, 2.05) is 19.1 Å². The third kappa shape index (κ3) is 3.90. The second-order valence-electron chi connectivity index (χ2n) is 5.78. The Labute approximate surface area is 151 Å². The Morgan fingerprint density at radius 3 is 2.81 bits per heavy atom. The first-order valence-electron chi connectivity index (χ1n) is 8.31. The second-order valence-corrected chi connectivity index (χ2v) is 5.78. The summed E-state index contributed by atoms with van der Waals surface area (Å²) in [6.07, 6.45) is 3.11. The molecule has 1 aliphatic rings. The minimum atomic E-state index is -0.444. The maximum Gasteiger partial charge on any atom is 0.316 e. The summed E-state index contributed by atoms with van der Waals surface area (Å²) < 4.78 is 10.4. The lowest BCUT2D eigenvalue weighted by molar-refractivity contribution is -0.122. The lowest BCUT2D eigenvalue weighted by Crippen LogP contribution is -2.28. The Kier molecular flexibility index (Phi) is 5.31. The number of methoxy groups -OCH3 is 1. The highest BCUT2D eigenvalue weighted by Gasteiger charge is 2.35. The predicted molar refractivity (Wildman–Crippen MR) is 95.3 cm³/mol. The summed E-state index contributed by atoms with van der Waals surface area (Å²) in [5.41, 5.74) is 1.18. The molecule has 8 nitrogen and oxygen atoms in total. The predicted octanol–water partition coefficient (Wildman–Crippen LogP) is 1.88. The van der Waals surface area contributed by atoms with Crippen LogP contribution in [0.15, 0.2) is 36.7 Å². The van der Waals surface area contributed by atoms with Crippen LogP contribution in [0.2, 0.25) is 0 Å². The zero-order chi connectivity index (χ0) is 18.5. The van der Waals surface area contributed by atoms with Crippen molar-refractivity contribution < 1.29 is 19.1 Å². The number of hydrogen-bond acceptors (Lipinski definition) is 6. The summed E-state index contributed by atoms with van der Waals surface area (Å²) in [6.45, 7) is 2.62. The van der Waals surface area contributed by atoms with Gasteiger partial charge in [-0.25, -0.2) is 9.97 Å². The van der Waals surface area contributed by atoms with E-state index in [9.17, 15) is 9.59 Å². The molecule has 0 bridgehead atoms. The maximum absolute atomic E-state index is 12.5. The van der Waals surface area contributed by atoms with E-state index in [4.69, 9.17) is 9.47 Å². The first kappa shape index (κ1) is 17.7. The van der Waals surface area contributed by atoms with Crippen molar-refractivity contribution in [2.24, 2.45) is 5.92 Å². The Morgan fingerprint density at radius 1 is 1.35 bits per heavy atom. The molecule has 0 spiro atoms. The summed E-state index contributed by atoms with van der Waals surface area (Å²) in [6, 6.07) is 7.47. The van der Waals surface area contributed by atoms with Crippen LogP contribution in [0, 0.1) is 5.92 Å². The van der Waals surface area contributed by atoms with Crippen LogP contribution in [-0.2, 0) is 9.59 Å². The zero-order valence-electron chi connectivity index (χ0n) is 14.6. The summed E-state index contributed by atoms with van der Waals surface area (Å²) >= 11 is 0. The summed E-state index contributed by atoms with van der Waals surface area (Å²) in [5, 5.41) is 2.75. The first-order valence-corrected chi connectivity index (χ1v) is 8.31. The van der Waals surface area contributed by atoms with Crippen molar-refractivity contribution in [2.45, 2.75) is 13.3 Å². The molecular weight excluding hydrogens is 336 g/mol. The van der Waals surface area contributed by atoms with Gasteiger partial charge in [-0.1, -0.05) is 6.07 Å². The number of carbonyl (C=O) groups is 2. The molecule has 136 valence electrons. The number of nitrogens with one attached hydrogen (secondary N) is 1. The largest absolute Gasteiger partial charge is 0.497 e. The fourth-order valence-corrected chi connectivity index (χ4v) is 2.74. The SMILES string of the molecule is CCOc1ncc(NC(=O)C2CC(=O)N(c3cccc(OC)c3)C2)cn1. The van der Waals surface area contributed by atoms with Crippen molar-refractivity contribution in [1.29, 1.82) is 0 Å². The van der Waals surface area contributed by atoms with Crippen LogP contribution < -0.4 is 19.7 Å². The van der Waals surface area contributed by atoms with Crippen molar-refractivity contribution in [3.8, 4) is 11.8 Å². The fraction of sp³-hybridized carbons (Fsp3) is 0.333.